The molecule has 2 heterocycles. The average Bonchev–Trinajstić information content (AvgIpc) is 2.69. The molecular weight excluding hydrogens is 170 g/mol. The molecule has 1 fully saturated rings. The maximum Gasteiger partial charge on any atom is 0.138 e. The Balaban J connectivity index is 1.72. The van der Waals surface area contributed by atoms with Crippen molar-refractivity contribution in [2.24, 2.45) is 0 Å². The Hall–Kier alpha value is -1.01. The predicted molar refractivity (Wildman–Crippen MR) is 45.0 cm³/mol. The van der Waals surface area contributed by atoms with E-state index in [-0.39, 0.29) is 0 Å². The molecule has 6 nitrogen and oxygen atoms in total. The fourth-order valence-electron chi connectivity index (χ4n) is 1.36. The van der Waals surface area contributed by atoms with Crippen molar-refractivity contribution in [2.45, 2.75) is 19.1 Å². The molecule has 72 valence electrons. The Morgan fingerprint density at radius 2 is 2.62 bits per heavy atom. The first-order chi connectivity index (χ1) is 6.45. The second-order valence-corrected chi connectivity index (χ2v) is 3.06. The number of morpholine rings is 1. The zero-order valence-electron chi connectivity index (χ0n) is 7.39. The van der Waals surface area contributed by atoms with Crippen molar-refractivity contribution >= 4 is 0 Å². The summed E-state index contributed by atoms with van der Waals surface area (Å²) >= 11 is 0. The van der Waals surface area contributed by atoms with Crippen LogP contribution in [0.2, 0.25) is 0 Å². The number of tetrazole rings is 1. The van der Waals surface area contributed by atoms with Gasteiger partial charge in [-0.1, -0.05) is 0 Å². The van der Waals surface area contributed by atoms with Crippen molar-refractivity contribution in [3.63, 3.8) is 0 Å². The second-order valence-electron chi connectivity index (χ2n) is 3.06. The van der Waals surface area contributed by atoms with Gasteiger partial charge in [-0.3, -0.25) is 0 Å². The van der Waals surface area contributed by atoms with Gasteiger partial charge >= 0.3 is 0 Å². The minimum absolute atomic E-state index is 0.304. The minimum atomic E-state index is 0.304. The number of hydrogen-bond donors (Lipinski definition) is 1. The van der Waals surface area contributed by atoms with Crippen molar-refractivity contribution in [3.05, 3.63) is 6.33 Å². The summed E-state index contributed by atoms with van der Waals surface area (Å²) in [7, 11) is 0. The fraction of sp³-hybridized carbons (Fsp3) is 0.857. The van der Waals surface area contributed by atoms with Gasteiger partial charge in [0.15, 0.2) is 0 Å². The van der Waals surface area contributed by atoms with E-state index in [0.717, 1.165) is 32.7 Å². The third-order valence-electron chi connectivity index (χ3n) is 2.08. The molecule has 1 N–H and O–H groups in total. The van der Waals surface area contributed by atoms with Crippen molar-refractivity contribution in [1.29, 1.82) is 0 Å². The van der Waals surface area contributed by atoms with Gasteiger partial charge in [0.05, 0.1) is 12.7 Å². The maximum atomic E-state index is 5.53. The quantitative estimate of drug-likeness (QED) is 0.654. The van der Waals surface area contributed by atoms with Crippen LogP contribution in [0.3, 0.4) is 0 Å². The van der Waals surface area contributed by atoms with E-state index < -0.39 is 0 Å². The van der Waals surface area contributed by atoms with Crippen LogP contribution in [0.15, 0.2) is 6.33 Å². The number of nitrogens with zero attached hydrogens (tertiary/aromatic N) is 4. The molecule has 0 spiro atoms. The molecule has 1 aromatic heterocycles. The molecule has 1 saturated heterocycles. The average molecular weight is 183 g/mol. The van der Waals surface area contributed by atoms with Crippen molar-refractivity contribution in [2.75, 3.05) is 19.7 Å². The molecule has 0 saturated carbocycles. The molecule has 0 aromatic carbocycles. The third kappa shape index (κ3) is 2.46. The largest absolute Gasteiger partial charge is 0.376 e. The van der Waals surface area contributed by atoms with E-state index in [0.29, 0.717) is 6.10 Å². The molecule has 0 amide bonds. The lowest BCUT2D eigenvalue weighted by molar-refractivity contribution is 0.0204. The summed E-state index contributed by atoms with van der Waals surface area (Å²) in [6.45, 7) is 3.52. The van der Waals surface area contributed by atoms with Gasteiger partial charge in [0.25, 0.3) is 0 Å². The Labute approximate surface area is 76.3 Å². The maximum absolute atomic E-state index is 5.53. The van der Waals surface area contributed by atoms with E-state index in [1.165, 1.54) is 0 Å². The second kappa shape index (κ2) is 4.29. The number of hydrogen-bond acceptors (Lipinski definition) is 5. The lowest BCUT2D eigenvalue weighted by Gasteiger charge is -2.23. The Morgan fingerprint density at radius 3 is 3.31 bits per heavy atom. The highest BCUT2D eigenvalue weighted by Crippen LogP contribution is 2.02. The van der Waals surface area contributed by atoms with Gasteiger partial charge in [-0.15, -0.1) is 5.10 Å². The first kappa shape index (κ1) is 8.58. The van der Waals surface area contributed by atoms with Crippen LogP contribution in [0, 0.1) is 0 Å². The van der Waals surface area contributed by atoms with E-state index in [4.69, 9.17) is 4.74 Å². The van der Waals surface area contributed by atoms with Gasteiger partial charge in [0.1, 0.15) is 6.33 Å². The zero-order chi connectivity index (χ0) is 8.93. The van der Waals surface area contributed by atoms with Crippen LogP contribution < -0.4 is 5.32 Å². The lowest BCUT2D eigenvalue weighted by atomic mass is 10.2. The van der Waals surface area contributed by atoms with Crippen molar-refractivity contribution < 1.29 is 4.74 Å². The van der Waals surface area contributed by atoms with Gasteiger partial charge in [-0.05, 0) is 16.8 Å². The number of rotatable bonds is 3. The summed E-state index contributed by atoms with van der Waals surface area (Å²) in [5, 5.41) is 14.2. The van der Waals surface area contributed by atoms with Gasteiger partial charge < -0.3 is 10.1 Å². The zero-order valence-corrected chi connectivity index (χ0v) is 7.39. The summed E-state index contributed by atoms with van der Waals surface area (Å²) in [5.74, 6) is 0. The summed E-state index contributed by atoms with van der Waals surface area (Å²) in [6, 6.07) is 0. The minimum Gasteiger partial charge on any atom is -0.376 e. The highest BCUT2D eigenvalue weighted by molar-refractivity contribution is 4.66. The van der Waals surface area contributed by atoms with Crippen LogP contribution in [0.25, 0.3) is 0 Å². The molecule has 1 unspecified atom stereocenters. The first-order valence-corrected chi connectivity index (χ1v) is 4.48. The van der Waals surface area contributed by atoms with Crippen LogP contribution in [0.1, 0.15) is 6.42 Å². The first-order valence-electron chi connectivity index (χ1n) is 4.48. The van der Waals surface area contributed by atoms with Crippen LogP contribution in [-0.2, 0) is 11.3 Å². The Bertz CT molecular complexity index is 231. The van der Waals surface area contributed by atoms with Gasteiger partial charge in [0.2, 0.25) is 0 Å². The number of aromatic nitrogens is 4. The topological polar surface area (TPSA) is 64.9 Å². The molecule has 1 aliphatic heterocycles. The molecule has 2 rings (SSSR count). The fourth-order valence-corrected chi connectivity index (χ4v) is 1.36. The Kier molecular flexibility index (Phi) is 2.83. The molecule has 0 aliphatic carbocycles. The normalized spacial score (nSPS) is 23.2. The monoisotopic (exact) mass is 183 g/mol. The predicted octanol–water partition coefficient (Wildman–Crippen LogP) is -0.948. The molecule has 1 aromatic rings. The summed E-state index contributed by atoms with van der Waals surface area (Å²) < 4.78 is 7.25. The Morgan fingerprint density at radius 1 is 1.62 bits per heavy atom. The number of ether oxygens (including phenoxy) is 1. The molecule has 6 heteroatoms. The van der Waals surface area contributed by atoms with E-state index >= 15 is 0 Å². The highest BCUT2D eigenvalue weighted by Gasteiger charge is 2.12. The van der Waals surface area contributed by atoms with E-state index in [2.05, 4.69) is 20.8 Å². The van der Waals surface area contributed by atoms with Gasteiger partial charge in [-0.25, -0.2) is 4.68 Å². The van der Waals surface area contributed by atoms with Crippen LogP contribution >= 0.6 is 0 Å². The van der Waals surface area contributed by atoms with Crippen LogP contribution in [-0.4, -0.2) is 46.0 Å². The van der Waals surface area contributed by atoms with Crippen molar-refractivity contribution in [3.8, 4) is 0 Å². The standard InChI is InChI=1S/C7H13N5O/c1(3-12-6-9-10-11-12)7-5-8-2-4-13-7/h6-8H,1-5H2. The lowest BCUT2D eigenvalue weighted by Crippen LogP contribution is -2.38. The molecule has 1 atom stereocenters. The van der Waals surface area contributed by atoms with Crippen LogP contribution in [0.5, 0.6) is 0 Å². The molecule has 1 aliphatic rings. The van der Waals surface area contributed by atoms with E-state index in [1.807, 2.05) is 0 Å². The van der Waals surface area contributed by atoms with Crippen LogP contribution in [0.4, 0.5) is 0 Å². The molecule has 13 heavy (non-hydrogen) atoms. The summed E-state index contributed by atoms with van der Waals surface area (Å²) in [4.78, 5) is 0. The third-order valence-corrected chi connectivity index (χ3v) is 2.08. The smallest absolute Gasteiger partial charge is 0.138 e. The van der Waals surface area contributed by atoms with E-state index in [9.17, 15) is 0 Å². The summed E-state index contributed by atoms with van der Waals surface area (Å²) in [5.41, 5.74) is 0. The summed E-state index contributed by atoms with van der Waals surface area (Å²) in [6.07, 6.45) is 2.88. The van der Waals surface area contributed by atoms with Gasteiger partial charge in [-0.2, -0.15) is 0 Å². The number of aryl methyl sites for hydroxylation is 1. The SMILES string of the molecule is c1nnnn1CCC1CNCCO1. The number of nitrogens with one attached hydrogen (secondary N) is 1. The highest BCUT2D eigenvalue weighted by atomic mass is 16.5. The van der Waals surface area contributed by atoms with Crippen molar-refractivity contribution in [1.82, 2.24) is 25.5 Å². The van der Waals surface area contributed by atoms with E-state index in [1.54, 1.807) is 11.0 Å². The molecule has 0 radical (unpaired) electrons. The molecular formula is C7H13N5O. The van der Waals surface area contributed by atoms with Gasteiger partial charge in [0, 0.05) is 19.6 Å². The molecule has 0 bridgehead atoms.